The molecule has 108 valence electrons. The minimum atomic E-state index is -4.29. The van der Waals surface area contributed by atoms with Crippen molar-refractivity contribution in [2.45, 2.75) is 39.3 Å². The highest BCUT2D eigenvalue weighted by molar-refractivity contribution is 7.17. The summed E-state index contributed by atoms with van der Waals surface area (Å²) in [6.45, 7) is 6.38. The first-order valence-corrected chi connectivity index (χ1v) is 6.68. The van der Waals surface area contributed by atoms with E-state index in [2.05, 4.69) is 4.98 Å². The SMILES string of the molecule is CCN(CC(F)(F)F)c1nc(C(C)(C)C)c(C=O)s1. The predicted octanol–water partition coefficient (Wildman–Crippen LogP) is 3.64. The van der Waals surface area contributed by atoms with Gasteiger partial charge in [-0.2, -0.15) is 13.2 Å². The second kappa shape index (κ2) is 5.48. The molecule has 0 radical (unpaired) electrons. The zero-order chi connectivity index (χ0) is 14.8. The molecule has 0 aromatic carbocycles. The fraction of sp³-hybridized carbons (Fsp3) is 0.667. The van der Waals surface area contributed by atoms with Crippen LogP contribution in [-0.2, 0) is 5.41 Å². The molecule has 19 heavy (non-hydrogen) atoms. The molecule has 0 saturated heterocycles. The molecule has 3 nitrogen and oxygen atoms in total. The van der Waals surface area contributed by atoms with Gasteiger partial charge in [0.2, 0.25) is 0 Å². The lowest BCUT2D eigenvalue weighted by Crippen LogP contribution is -2.34. The van der Waals surface area contributed by atoms with Crippen molar-refractivity contribution in [1.82, 2.24) is 4.98 Å². The number of hydrogen-bond acceptors (Lipinski definition) is 4. The summed E-state index contributed by atoms with van der Waals surface area (Å²) < 4.78 is 37.4. The Hall–Kier alpha value is -1.11. The van der Waals surface area contributed by atoms with Crippen LogP contribution in [0.4, 0.5) is 18.3 Å². The first kappa shape index (κ1) is 15.9. The maximum atomic E-state index is 12.5. The van der Waals surface area contributed by atoms with E-state index in [1.54, 1.807) is 6.92 Å². The average Bonchev–Trinajstić information content (AvgIpc) is 2.68. The van der Waals surface area contributed by atoms with Crippen LogP contribution >= 0.6 is 11.3 Å². The summed E-state index contributed by atoms with van der Waals surface area (Å²) in [5.41, 5.74) is 0.172. The van der Waals surface area contributed by atoms with E-state index in [4.69, 9.17) is 0 Å². The first-order valence-electron chi connectivity index (χ1n) is 5.86. The van der Waals surface area contributed by atoms with Crippen LogP contribution in [0, 0.1) is 0 Å². The van der Waals surface area contributed by atoms with E-state index in [-0.39, 0.29) is 17.1 Å². The molecule has 7 heteroatoms. The van der Waals surface area contributed by atoms with Crippen LogP contribution in [0.25, 0.3) is 0 Å². The number of thiazole rings is 1. The van der Waals surface area contributed by atoms with Gasteiger partial charge < -0.3 is 4.90 Å². The standard InChI is InChI=1S/C12H17F3N2OS/c1-5-17(7-12(13,14)15)10-16-9(11(2,3)4)8(6-18)19-10/h6H,5,7H2,1-4H3. The van der Waals surface area contributed by atoms with Crippen molar-refractivity contribution in [3.05, 3.63) is 10.6 Å². The summed E-state index contributed by atoms with van der Waals surface area (Å²) in [6.07, 6.45) is -3.63. The molecule has 0 N–H and O–H groups in total. The van der Waals surface area contributed by atoms with E-state index in [9.17, 15) is 18.0 Å². The van der Waals surface area contributed by atoms with Crippen LogP contribution in [0.2, 0.25) is 0 Å². The molecule has 1 heterocycles. The number of halogens is 3. The van der Waals surface area contributed by atoms with Crippen LogP contribution in [-0.4, -0.2) is 30.5 Å². The Balaban J connectivity index is 3.13. The van der Waals surface area contributed by atoms with Crippen molar-refractivity contribution in [2.24, 2.45) is 0 Å². The number of rotatable bonds is 4. The number of carbonyl (C=O) groups excluding carboxylic acids is 1. The Morgan fingerprint density at radius 2 is 1.89 bits per heavy atom. The minimum Gasteiger partial charge on any atom is -0.339 e. The summed E-state index contributed by atoms with van der Waals surface area (Å²) in [7, 11) is 0. The van der Waals surface area contributed by atoms with Gasteiger partial charge in [-0.15, -0.1) is 0 Å². The van der Waals surface area contributed by atoms with E-state index in [0.717, 1.165) is 16.2 Å². The van der Waals surface area contributed by atoms with Crippen molar-refractivity contribution in [2.75, 3.05) is 18.0 Å². The molecule has 1 aromatic rings. The molecule has 0 aliphatic rings. The number of hydrogen-bond donors (Lipinski definition) is 0. The molecule has 0 fully saturated rings. The van der Waals surface area contributed by atoms with E-state index < -0.39 is 12.7 Å². The number of alkyl halides is 3. The third-order valence-electron chi connectivity index (χ3n) is 2.48. The van der Waals surface area contributed by atoms with Crippen molar-refractivity contribution < 1.29 is 18.0 Å². The van der Waals surface area contributed by atoms with Crippen LogP contribution in [0.15, 0.2) is 0 Å². The Bertz CT molecular complexity index is 449. The number of carbonyl (C=O) groups is 1. The zero-order valence-electron chi connectivity index (χ0n) is 11.3. The van der Waals surface area contributed by atoms with Gasteiger partial charge in [0.1, 0.15) is 6.54 Å². The summed E-state index contributed by atoms with van der Waals surface area (Å²) in [4.78, 5) is 16.8. The number of anilines is 1. The minimum absolute atomic E-state index is 0.189. The van der Waals surface area contributed by atoms with Crippen LogP contribution < -0.4 is 4.90 Å². The molecule has 0 bridgehead atoms. The summed E-state index contributed by atoms with van der Waals surface area (Å²) in [5.74, 6) is 0. The molecule has 0 amide bonds. The van der Waals surface area contributed by atoms with Gasteiger partial charge in [-0.3, -0.25) is 4.79 Å². The third-order valence-corrected chi connectivity index (χ3v) is 3.52. The summed E-state index contributed by atoms with van der Waals surface area (Å²) in [6, 6.07) is 0. The monoisotopic (exact) mass is 294 g/mol. The predicted molar refractivity (Wildman–Crippen MR) is 70.1 cm³/mol. The Morgan fingerprint density at radius 3 is 2.21 bits per heavy atom. The van der Waals surface area contributed by atoms with Crippen molar-refractivity contribution in [3.63, 3.8) is 0 Å². The average molecular weight is 294 g/mol. The molecule has 0 spiro atoms. The van der Waals surface area contributed by atoms with E-state index in [1.807, 2.05) is 20.8 Å². The lowest BCUT2D eigenvalue weighted by atomic mass is 9.91. The normalized spacial score (nSPS) is 12.6. The Labute approximate surface area is 114 Å². The fourth-order valence-electron chi connectivity index (χ4n) is 1.60. The molecule has 1 aromatic heterocycles. The Morgan fingerprint density at radius 1 is 1.32 bits per heavy atom. The molecular formula is C12H17F3N2OS. The maximum Gasteiger partial charge on any atom is 0.406 e. The lowest BCUT2D eigenvalue weighted by molar-refractivity contribution is -0.119. The highest BCUT2D eigenvalue weighted by Crippen LogP contribution is 2.33. The topological polar surface area (TPSA) is 33.2 Å². The molecular weight excluding hydrogens is 277 g/mol. The quantitative estimate of drug-likeness (QED) is 0.795. The van der Waals surface area contributed by atoms with Crippen molar-refractivity contribution >= 4 is 22.8 Å². The third kappa shape index (κ3) is 4.19. The van der Waals surface area contributed by atoms with E-state index >= 15 is 0 Å². The Kier molecular flexibility index (Phi) is 4.60. The van der Waals surface area contributed by atoms with Crippen LogP contribution in [0.3, 0.4) is 0 Å². The number of aromatic nitrogens is 1. The fourth-order valence-corrected chi connectivity index (χ4v) is 2.76. The maximum absolute atomic E-state index is 12.5. The number of aldehydes is 1. The second-order valence-corrected chi connectivity index (χ2v) is 6.22. The summed E-state index contributed by atoms with van der Waals surface area (Å²) in [5, 5.41) is 0.242. The van der Waals surface area contributed by atoms with E-state index in [1.165, 1.54) is 0 Å². The van der Waals surface area contributed by atoms with Gasteiger partial charge in [0, 0.05) is 12.0 Å². The van der Waals surface area contributed by atoms with Gasteiger partial charge in [0.25, 0.3) is 0 Å². The zero-order valence-corrected chi connectivity index (χ0v) is 12.2. The second-order valence-electron chi connectivity index (χ2n) is 5.21. The van der Waals surface area contributed by atoms with Gasteiger partial charge in [0.05, 0.1) is 10.6 Å². The van der Waals surface area contributed by atoms with Crippen LogP contribution in [0.5, 0.6) is 0 Å². The van der Waals surface area contributed by atoms with Gasteiger partial charge in [-0.1, -0.05) is 32.1 Å². The molecule has 0 aliphatic carbocycles. The molecule has 0 unspecified atom stereocenters. The molecule has 1 rings (SSSR count). The van der Waals surface area contributed by atoms with Gasteiger partial charge in [-0.05, 0) is 6.92 Å². The van der Waals surface area contributed by atoms with Crippen molar-refractivity contribution in [1.29, 1.82) is 0 Å². The van der Waals surface area contributed by atoms with Gasteiger partial charge in [0.15, 0.2) is 11.4 Å². The summed E-state index contributed by atoms with van der Waals surface area (Å²) >= 11 is 1.01. The van der Waals surface area contributed by atoms with Gasteiger partial charge >= 0.3 is 6.18 Å². The lowest BCUT2D eigenvalue weighted by Gasteiger charge is -2.21. The largest absolute Gasteiger partial charge is 0.406 e. The number of nitrogens with zero attached hydrogens (tertiary/aromatic N) is 2. The molecule has 0 saturated carbocycles. The van der Waals surface area contributed by atoms with Crippen molar-refractivity contribution in [3.8, 4) is 0 Å². The molecule has 0 atom stereocenters. The van der Waals surface area contributed by atoms with Gasteiger partial charge in [-0.25, -0.2) is 4.98 Å². The smallest absolute Gasteiger partial charge is 0.339 e. The highest BCUT2D eigenvalue weighted by atomic mass is 32.1. The highest BCUT2D eigenvalue weighted by Gasteiger charge is 2.32. The van der Waals surface area contributed by atoms with Crippen LogP contribution in [0.1, 0.15) is 43.1 Å². The van der Waals surface area contributed by atoms with E-state index in [0.29, 0.717) is 16.9 Å². The first-order chi connectivity index (χ1) is 8.58. The molecule has 0 aliphatic heterocycles.